The molecule has 1 aromatic rings. The van der Waals surface area contributed by atoms with Crippen molar-refractivity contribution in [3.8, 4) is 0 Å². The number of hydrogen-bond acceptors (Lipinski definition) is 1. The molecule has 1 aromatic carbocycles. The second kappa shape index (κ2) is 4.11. The number of hydrogen-bond donors (Lipinski definition) is 1. The molecule has 0 saturated carbocycles. The predicted octanol–water partition coefficient (Wildman–Crippen LogP) is 3.45. The molecule has 0 aromatic heterocycles. The Kier molecular flexibility index (Phi) is 3.37. The highest BCUT2D eigenvalue weighted by molar-refractivity contribution is 5.34. The molecule has 0 heterocycles. The Balaban J connectivity index is 3.61. The van der Waals surface area contributed by atoms with Gasteiger partial charge in [0.2, 0.25) is 0 Å². The normalized spacial score (nSPS) is 13.8. The summed E-state index contributed by atoms with van der Waals surface area (Å²) < 4.78 is 87.8. The summed E-state index contributed by atoms with van der Waals surface area (Å²) in [4.78, 5) is 0. The molecule has 1 nitrogen and oxygen atoms in total. The van der Waals surface area contributed by atoms with Crippen molar-refractivity contribution < 1.29 is 35.8 Å². The average Bonchev–Trinajstić information content (AvgIpc) is 2.17. The molecule has 0 amide bonds. The summed E-state index contributed by atoms with van der Waals surface area (Å²) in [6.45, 7) is 0.914. The van der Waals surface area contributed by atoms with E-state index >= 15 is 0 Å². The van der Waals surface area contributed by atoms with Crippen LogP contribution in [0.2, 0.25) is 0 Å². The van der Waals surface area contributed by atoms with E-state index in [1.165, 1.54) is 0 Å². The molecule has 0 aliphatic heterocycles. The molecule has 0 aliphatic rings. The van der Waals surface area contributed by atoms with Crippen LogP contribution in [-0.4, -0.2) is 17.5 Å². The van der Waals surface area contributed by atoms with E-state index in [2.05, 4.69) is 0 Å². The van der Waals surface area contributed by atoms with Crippen molar-refractivity contribution in [2.45, 2.75) is 24.9 Å². The van der Waals surface area contributed by atoms with Crippen LogP contribution in [-0.2, 0) is 5.60 Å². The van der Waals surface area contributed by atoms with Crippen LogP contribution in [0, 0.1) is 12.7 Å². The zero-order valence-electron chi connectivity index (χ0n) is 8.83. The minimum absolute atomic E-state index is 0.0241. The molecular formula is C10H7F7O. The van der Waals surface area contributed by atoms with Crippen LogP contribution in [0.25, 0.3) is 0 Å². The lowest BCUT2D eigenvalue weighted by Crippen LogP contribution is -2.54. The monoisotopic (exact) mass is 276 g/mol. The number of rotatable bonds is 1. The van der Waals surface area contributed by atoms with Crippen molar-refractivity contribution in [1.29, 1.82) is 0 Å². The summed E-state index contributed by atoms with van der Waals surface area (Å²) >= 11 is 0. The van der Waals surface area contributed by atoms with Crippen molar-refractivity contribution in [1.82, 2.24) is 0 Å². The van der Waals surface area contributed by atoms with Crippen molar-refractivity contribution in [3.63, 3.8) is 0 Å². The van der Waals surface area contributed by atoms with Crippen molar-refractivity contribution >= 4 is 0 Å². The molecular weight excluding hydrogens is 269 g/mol. The van der Waals surface area contributed by atoms with Crippen LogP contribution in [0.5, 0.6) is 0 Å². The van der Waals surface area contributed by atoms with E-state index in [4.69, 9.17) is 5.11 Å². The van der Waals surface area contributed by atoms with Crippen LogP contribution < -0.4 is 0 Å². The van der Waals surface area contributed by atoms with Crippen LogP contribution in [0.15, 0.2) is 18.2 Å². The Bertz CT molecular complexity index is 433. The van der Waals surface area contributed by atoms with Crippen LogP contribution >= 0.6 is 0 Å². The number of aliphatic hydroxyl groups is 1. The predicted molar refractivity (Wildman–Crippen MR) is 47.1 cm³/mol. The van der Waals surface area contributed by atoms with E-state index in [-0.39, 0.29) is 6.07 Å². The number of halogens is 7. The van der Waals surface area contributed by atoms with Crippen molar-refractivity contribution in [2.75, 3.05) is 0 Å². The first kappa shape index (κ1) is 14.7. The number of aryl methyl sites for hydroxylation is 1. The molecule has 0 spiro atoms. The molecule has 0 fully saturated rings. The van der Waals surface area contributed by atoms with E-state index < -0.39 is 34.9 Å². The molecule has 1 N–H and O–H groups in total. The van der Waals surface area contributed by atoms with Crippen molar-refractivity contribution in [2.24, 2.45) is 0 Å². The van der Waals surface area contributed by atoms with Gasteiger partial charge in [-0.05, 0) is 24.6 Å². The fraction of sp³-hybridized carbons (Fsp3) is 0.400. The molecule has 18 heavy (non-hydrogen) atoms. The molecule has 0 unspecified atom stereocenters. The highest BCUT2D eigenvalue weighted by atomic mass is 19.4. The van der Waals surface area contributed by atoms with Crippen LogP contribution in [0.3, 0.4) is 0 Å². The summed E-state index contributed by atoms with van der Waals surface area (Å²) in [5.74, 6) is -1.30. The van der Waals surface area contributed by atoms with Gasteiger partial charge in [-0.1, -0.05) is 6.07 Å². The zero-order chi connectivity index (χ0) is 14.4. The highest BCUT2D eigenvalue weighted by Crippen LogP contribution is 2.50. The SMILES string of the molecule is Cc1ccc(F)cc1C(O)(C(F)(F)F)C(F)(F)F. The summed E-state index contributed by atoms with van der Waals surface area (Å²) in [7, 11) is 0. The molecule has 0 radical (unpaired) electrons. The van der Waals surface area contributed by atoms with Crippen molar-refractivity contribution in [3.05, 3.63) is 35.1 Å². The van der Waals surface area contributed by atoms with Gasteiger partial charge in [-0.25, -0.2) is 4.39 Å². The summed E-state index contributed by atoms with van der Waals surface area (Å²) in [6, 6.07) is 1.45. The van der Waals surface area contributed by atoms with Crippen LogP contribution in [0.4, 0.5) is 30.7 Å². The second-order valence-corrected chi connectivity index (χ2v) is 3.67. The number of benzene rings is 1. The topological polar surface area (TPSA) is 20.2 Å². The van der Waals surface area contributed by atoms with Gasteiger partial charge in [0, 0.05) is 5.56 Å². The lowest BCUT2D eigenvalue weighted by molar-refractivity contribution is -0.376. The largest absolute Gasteiger partial charge is 0.430 e. The van der Waals surface area contributed by atoms with E-state index in [1.54, 1.807) is 0 Å². The minimum Gasteiger partial charge on any atom is -0.369 e. The molecule has 102 valence electrons. The molecule has 8 heteroatoms. The third-order valence-electron chi connectivity index (χ3n) is 2.41. The third-order valence-corrected chi connectivity index (χ3v) is 2.41. The van der Waals surface area contributed by atoms with E-state index in [9.17, 15) is 30.7 Å². The van der Waals surface area contributed by atoms with E-state index in [1.807, 2.05) is 0 Å². The smallest absolute Gasteiger partial charge is 0.369 e. The Labute approximate surface area is 96.8 Å². The maximum absolute atomic E-state index is 12.8. The lowest BCUT2D eigenvalue weighted by atomic mass is 9.89. The van der Waals surface area contributed by atoms with Gasteiger partial charge < -0.3 is 5.11 Å². The summed E-state index contributed by atoms with van der Waals surface area (Å²) in [5.41, 5.74) is -7.18. The highest BCUT2D eigenvalue weighted by Gasteiger charge is 2.71. The Morgan fingerprint density at radius 3 is 1.78 bits per heavy atom. The Hall–Kier alpha value is -1.31. The van der Waals surface area contributed by atoms with Crippen LogP contribution in [0.1, 0.15) is 11.1 Å². The quantitative estimate of drug-likeness (QED) is 0.779. The fourth-order valence-electron chi connectivity index (χ4n) is 1.45. The Morgan fingerprint density at radius 1 is 0.944 bits per heavy atom. The first-order valence-corrected chi connectivity index (χ1v) is 4.53. The maximum Gasteiger partial charge on any atom is 0.430 e. The van der Waals surface area contributed by atoms with Gasteiger partial charge in [-0.15, -0.1) is 0 Å². The summed E-state index contributed by atoms with van der Waals surface area (Å²) in [5, 5.41) is 9.04. The standard InChI is InChI=1S/C10H7F7O/c1-5-2-3-6(11)4-7(5)8(18,9(12,13)14)10(15,16)17/h2-4,18H,1H3. The van der Waals surface area contributed by atoms with Gasteiger partial charge in [0.05, 0.1) is 0 Å². The molecule has 0 aliphatic carbocycles. The van der Waals surface area contributed by atoms with Gasteiger partial charge in [-0.3, -0.25) is 0 Å². The van der Waals surface area contributed by atoms with Gasteiger partial charge >= 0.3 is 12.4 Å². The van der Waals surface area contributed by atoms with E-state index in [0.29, 0.717) is 6.07 Å². The Morgan fingerprint density at radius 2 is 1.39 bits per heavy atom. The van der Waals surface area contributed by atoms with Gasteiger partial charge in [0.25, 0.3) is 5.60 Å². The van der Waals surface area contributed by atoms with Gasteiger partial charge in [0.15, 0.2) is 0 Å². The first-order chi connectivity index (χ1) is 7.91. The van der Waals surface area contributed by atoms with Gasteiger partial charge in [-0.2, -0.15) is 26.3 Å². The summed E-state index contributed by atoms with van der Waals surface area (Å²) in [6.07, 6.45) is -12.0. The maximum atomic E-state index is 12.8. The molecule has 0 atom stereocenters. The average molecular weight is 276 g/mol. The van der Waals surface area contributed by atoms with Gasteiger partial charge in [0.1, 0.15) is 5.82 Å². The first-order valence-electron chi connectivity index (χ1n) is 4.53. The number of alkyl halides is 6. The second-order valence-electron chi connectivity index (χ2n) is 3.67. The fourth-order valence-corrected chi connectivity index (χ4v) is 1.45. The minimum atomic E-state index is -6.01. The lowest BCUT2D eigenvalue weighted by Gasteiger charge is -2.33. The molecule has 0 saturated heterocycles. The molecule has 1 rings (SSSR count). The zero-order valence-corrected chi connectivity index (χ0v) is 8.83. The third kappa shape index (κ3) is 2.16. The van der Waals surface area contributed by atoms with E-state index in [0.717, 1.165) is 13.0 Å². The molecule has 0 bridgehead atoms.